The van der Waals surface area contributed by atoms with Gasteiger partial charge in [-0.25, -0.2) is 0 Å². The molecule has 1 aromatic heterocycles. The molecule has 0 aliphatic heterocycles. The van der Waals surface area contributed by atoms with Crippen LogP contribution in [0.25, 0.3) is 0 Å². The van der Waals surface area contributed by atoms with Crippen molar-refractivity contribution in [2.75, 3.05) is 0 Å². The Labute approximate surface area is 75.5 Å². The zero-order valence-electron chi connectivity index (χ0n) is 6.68. The molecule has 1 fully saturated rings. The summed E-state index contributed by atoms with van der Waals surface area (Å²) in [5, 5.41) is 2.15. The molecule has 2 rings (SSSR count). The van der Waals surface area contributed by atoms with Gasteiger partial charge in [-0.15, -0.1) is 11.3 Å². The third-order valence-electron chi connectivity index (χ3n) is 2.43. The lowest BCUT2D eigenvalue weighted by molar-refractivity contribution is 0.617. The van der Waals surface area contributed by atoms with Crippen LogP contribution in [0, 0.1) is 9.37 Å². The van der Waals surface area contributed by atoms with Gasteiger partial charge in [0.05, 0.1) is 0 Å². The molecule has 60 valence electrons. The maximum atomic E-state index is 5.02. The average Bonchev–Trinajstić information content (AvgIpc) is 2.39. The number of hydrogen-bond acceptors (Lipinski definition) is 2. The highest BCUT2D eigenvalue weighted by Gasteiger charge is 2.47. The van der Waals surface area contributed by atoms with Gasteiger partial charge in [0.15, 0.2) is 3.95 Å². The van der Waals surface area contributed by atoms with Crippen LogP contribution in [0.3, 0.4) is 0 Å². The number of hydrogen-bond donors (Lipinski definition) is 1. The third-order valence-corrected chi connectivity index (χ3v) is 3.51. The Morgan fingerprint density at radius 1 is 1.73 bits per heavy atom. The van der Waals surface area contributed by atoms with Gasteiger partial charge in [-0.3, -0.25) is 0 Å². The van der Waals surface area contributed by atoms with E-state index in [0.717, 1.165) is 9.87 Å². The van der Waals surface area contributed by atoms with Crippen molar-refractivity contribution < 1.29 is 0 Å². The van der Waals surface area contributed by atoms with E-state index in [1.165, 1.54) is 12.1 Å². The van der Waals surface area contributed by atoms with E-state index < -0.39 is 0 Å². The van der Waals surface area contributed by atoms with Crippen molar-refractivity contribution >= 4 is 23.6 Å². The summed E-state index contributed by atoms with van der Waals surface area (Å²) < 4.78 is 0.905. The van der Waals surface area contributed by atoms with E-state index in [1.807, 2.05) is 0 Å². The van der Waals surface area contributed by atoms with Crippen molar-refractivity contribution in [3.8, 4) is 0 Å². The third kappa shape index (κ3) is 1.27. The Balaban J connectivity index is 2.27. The summed E-state index contributed by atoms with van der Waals surface area (Å²) >= 11 is 6.65. The fourth-order valence-electron chi connectivity index (χ4n) is 1.46. The number of aromatic nitrogens is 1. The topological polar surface area (TPSA) is 15.8 Å². The summed E-state index contributed by atoms with van der Waals surface area (Å²) in [6.07, 6.45) is 1.30. The molecule has 0 spiro atoms. The highest BCUT2D eigenvalue weighted by molar-refractivity contribution is 7.73. The molecule has 0 radical (unpaired) electrons. The first-order chi connectivity index (χ1) is 5.09. The predicted molar refractivity (Wildman–Crippen MR) is 50.6 cm³/mol. The van der Waals surface area contributed by atoms with Crippen LogP contribution in [0.4, 0.5) is 0 Å². The summed E-state index contributed by atoms with van der Waals surface area (Å²) in [6.45, 7) is 4.60. The van der Waals surface area contributed by atoms with Crippen LogP contribution >= 0.6 is 23.6 Å². The molecule has 1 saturated carbocycles. The van der Waals surface area contributed by atoms with Crippen LogP contribution in [0.2, 0.25) is 0 Å². The van der Waals surface area contributed by atoms with E-state index in [9.17, 15) is 0 Å². The Morgan fingerprint density at radius 2 is 2.36 bits per heavy atom. The van der Waals surface area contributed by atoms with Gasteiger partial charge in [0.1, 0.15) is 0 Å². The lowest BCUT2D eigenvalue weighted by Crippen LogP contribution is -1.89. The Kier molecular flexibility index (Phi) is 1.48. The summed E-state index contributed by atoms with van der Waals surface area (Å²) in [5.74, 6) is 0.732. The molecule has 0 saturated heterocycles. The maximum Gasteiger partial charge on any atom is 0.158 e. The van der Waals surface area contributed by atoms with Gasteiger partial charge in [-0.1, -0.05) is 13.8 Å². The van der Waals surface area contributed by atoms with Crippen LogP contribution in [0.15, 0.2) is 5.38 Å². The molecule has 1 unspecified atom stereocenters. The Morgan fingerprint density at radius 3 is 2.73 bits per heavy atom. The van der Waals surface area contributed by atoms with Gasteiger partial charge >= 0.3 is 0 Å². The highest BCUT2D eigenvalue weighted by Crippen LogP contribution is 2.58. The second kappa shape index (κ2) is 2.17. The zero-order chi connectivity index (χ0) is 8.06. The summed E-state index contributed by atoms with van der Waals surface area (Å²) in [5.41, 5.74) is 1.85. The molecule has 1 atom stereocenters. The zero-order valence-corrected chi connectivity index (χ0v) is 8.31. The minimum Gasteiger partial charge on any atom is -0.341 e. The lowest BCUT2D eigenvalue weighted by Gasteiger charge is -1.98. The van der Waals surface area contributed by atoms with Crippen LogP contribution in [-0.2, 0) is 0 Å². The maximum absolute atomic E-state index is 5.02. The average molecular weight is 185 g/mol. The minimum atomic E-state index is 0.513. The molecule has 1 aliphatic rings. The second-order valence-corrected chi connectivity index (χ2v) is 5.40. The number of H-pyrrole nitrogens is 1. The van der Waals surface area contributed by atoms with Crippen LogP contribution in [0.5, 0.6) is 0 Å². The number of thiazole rings is 1. The standard InChI is InChI=1S/C8H11NS2/c1-8(2)3-5(8)6-4-11-7(10)9-6/h4-5H,3H2,1-2H3,(H,9,10). The second-order valence-electron chi connectivity index (χ2n) is 3.85. The fraction of sp³-hybridized carbons (Fsp3) is 0.625. The van der Waals surface area contributed by atoms with Crippen molar-refractivity contribution in [2.45, 2.75) is 26.2 Å². The van der Waals surface area contributed by atoms with Gasteiger partial charge in [-0.2, -0.15) is 0 Å². The molecule has 1 aromatic rings. The van der Waals surface area contributed by atoms with E-state index >= 15 is 0 Å². The first-order valence-electron chi connectivity index (χ1n) is 3.77. The highest BCUT2D eigenvalue weighted by atomic mass is 32.1. The van der Waals surface area contributed by atoms with Gasteiger partial charge in [0, 0.05) is 17.0 Å². The Hall–Kier alpha value is -0.150. The van der Waals surface area contributed by atoms with Gasteiger partial charge in [0.25, 0.3) is 0 Å². The Bertz CT molecular complexity index is 321. The lowest BCUT2D eigenvalue weighted by atomic mass is 10.1. The van der Waals surface area contributed by atoms with Crippen molar-refractivity contribution in [1.29, 1.82) is 0 Å². The van der Waals surface area contributed by atoms with Gasteiger partial charge < -0.3 is 4.98 Å². The van der Waals surface area contributed by atoms with E-state index in [4.69, 9.17) is 12.2 Å². The van der Waals surface area contributed by atoms with Gasteiger partial charge in [0.2, 0.25) is 0 Å². The number of aromatic amines is 1. The van der Waals surface area contributed by atoms with Crippen LogP contribution in [-0.4, -0.2) is 4.98 Å². The molecule has 1 N–H and O–H groups in total. The fourth-order valence-corrected chi connectivity index (χ4v) is 2.36. The molecule has 3 heteroatoms. The van der Waals surface area contributed by atoms with E-state index in [0.29, 0.717) is 5.41 Å². The van der Waals surface area contributed by atoms with Crippen molar-refractivity contribution in [3.63, 3.8) is 0 Å². The van der Waals surface area contributed by atoms with E-state index in [2.05, 4.69) is 24.2 Å². The smallest absolute Gasteiger partial charge is 0.158 e. The molecule has 0 amide bonds. The molecule has 11 heavy (non-hydrogen) atoms. The first-order valence-corrected chi connectivity index (χ1v) is 5.06. The molecule has 1 heterocycles. The van der Waals surface area contributed by atoms with Crippen LogP contribution in [0.1, 0.15) is 31.9 Å². The monoisotopic (exact) mass is 185 g/mol. The minimum absolute atomic E-state index is 0.513. The van der Waals surface area contributed by atoms with Crippen molar-refractivity contribution in [1.82, 2.24) is 4.98 Å². The van der Waals surface area contributed by atoms with E-state index in [-0.39, 0.29) is 0 Å². The molecule has 1 aliphatic carbocycles. The first kappa shape index (κ1) is 7.50. The molecular weight excluding hydrogens is 174 g/mol. The van der Waals surface area contributed by atoms with E-state index in [1.54, 1.807) is 11.3 Å². The van der Waals surface area contributed by atoms with Gasteiger partial charge in [-0.05, 0) is 24.1 Å². The largest absolute Gasteiger partial charge is 0.341 e. The SMILES string of the molecule is CC1(C)CC1c1csc(=S)[nH]1. The number of nitrogens with one attached hydrogen (secondary N) is 1. The molecular formula is C8H11NS2. The number of rotatable bonds is 1. The summed E-state index contributed by atoms with van der Waals surface area (Å²) in [4.78, 5) is 3.23. The normalized spacial score (nSPS) is 26.9. The van der Waals surface area contributed by atoms with Crippen molar-refractivity contribution in [3.05, 3.63) is 15.0 Å². The quantitative estimate of drug-likeness (QED) is 0.664. The van der Waals surface area contributed by atoms with Crippen molar-refractivity contribution in [2.24, 2.45) is 5.41 Å². The summed E-state index contributed by atoms with van der Waals surface area (Å²) in [7, 11) is 0. The molecule has 1 nitrogen and oxygen atoms in total. The molecule has 0 aromatic carbocycles. The molecule has 0 bridgehead atoms. The summed E-state index contributed by atoms with van der Waals surface area (Å²) in [6, 6.07) is 0. The predicted octanol–water partition coefficient (Wildman–Crippen LogP) is 3.32. The van der Waals surface area contributed by atoms with Crippen LogP contribution < -0.4 is 0 Å².